The highest BCUT2D eigenvalue weighted by Crippen LogP contribution is 2.33. The van der Waals surface area contributed by atoms with E-state index in [4.69, 9.17) is 11.6 Å². The second-order valence-corrected chi connectivity index (χ2v) is 5.28. The Kier molecular flexibility index (Phi) is 3.62. The molecule has 0 aliphatic carbocycles. The molecule has 0 aliphatic heterocycles. The lowest BCUT2D eigenvalue weighted by molar-refractivity contribution is 0.582. The molecule has 0 saturated heterocycles. The first-order chi connectivity index (χ1) is 7.59. The fraction of sp³-hybridized carbons (Fsp3) is 0.0909. The predicted octanol–water partition coefficient (Wildman–Crippen LogP) is 5.12. The van der Waals surface area contributed by atoms with E-state index < -0.39 is 17.0 Å². The maximum Gasteiger partial charge on any atom is 0.137 e. The van der Waals surface area contributed by atoms with Crippen molar-refractivity contribution in [2.45, 2.75) is 5.38 Å². The molecule has 0 spiro atoms. The van der Waals surface area contributed by atoms with Crippen molar-refractivity contribution in [3.8, 4) is 0 Å². The van der Waals surface area contributed by atoms with Crippen LogP contribution in [0.4, 0.5) is 8.78 Å². The van der Waals surface area contributed by atoms with Crippen molar-refractivity contribution < 1.29 is 8.78 Å². The van der Waals surface area contributed by atoms with Crippen LogP contribution >= 0.6 is 38.9 Å². The summed E-state index contributed by atoms with van der Waals surface area (Å²) in [5.74, 6) is -1.03. The molecule has 0 N–H and O–H groups in total. The van der Waals surface area contributed by atoms with Crippen LogP contribution in [0.25, 0.3) is 0 Å². The van der Waals surface area contributed by atoms with Gasteiger partial charge in [-0.25, -0.2) is 8.78 Å². The molecule has 0 amide bonds. The van der Waals surface area contributed by atoms with Crippen molar-refractivity contribution in [3.05, 3.63) is 56.2 Å². The van der Waals surface area contributed by atoms with E-state index in [2.05, 4.69) is 15.9 Å². The largest absolute Gasteiger partial charge is 0.207 e. The van der Waals surface area contributed by atoms with Gasteiger partial charge < -0.3 is 0 Å². The molecule has 2 rings (SSSR count). The molecule has 16 heavy (non-hydrogen) atoms. The summed E-state index contributed by atoms with van der Waals surface area (Å²) >= 11 is 10.5. The second kappa shape index (κ2) is 4.82. The minimum absolute atomic E-state index is 0.0999. The number of alkyl halides is 1. The third-order valence-corrected chi connectivity index (χ3v) is 3.94. The minimum atomic E-state index is -0.658. The summed E-state index contributed by atoms with van der Waals surface area (Å²) in [5, 5.41) is 3.00. The van der Waals surface area contributed by atoms with Crippen molar-refractivity contribution in [1.82, 2.24) is 0 Å². The van der Waals surface area contributed by atoms with Crippen LogP contribution in [-0.4, -0.2) is 0 Å². The zero-order valence-electron chi connectivity index (χ0n) is 7.88. The van der Waals surface area contributed by atoms with E-state index in [-0.39, 0.29) is 10.0 Å². The number of hydrogen-bond donors (Lipinski definition) is 0. The van der Waals surface area contributed by atoms with Crippen molar-refractivity contribution in [3.63, 3.8) is 0 Å². The summed E-state index contributed by atoms with van der Waals surface area (Å²) in [6.45, 7) is 0. The minimum Gasteiger partial charge on any atom is -0.207 e. The third kappa shape index (κ3) is 2.29. The lowest BCUT2D eigenvalue weighted by atomic mass is 10.1. The summed E-state index contributed by atoms with van der Waals surface area (Å²) in [6.07, 6.45) is 0. The van der Waals surface area contributed by atoms with Gasteiger partial charge >= 0.3 is 0 Å². The molecular formula is C11H6BrClF2S. The van der Waals surface area contributed by atoms with Gasteiger partial charge in [0.05, 0.1) is 9.85 Å². The topological polar surface area (TPSA) is 0 Å². The molecular weight excluding hydrogens is 318 g/mol. The molecule has 0 bridgehead atoms. The Hall–Kier alpha value is -0.450. The average Bonchev–Trinajstić information content (AvgIpc) is 2.75. The first-order valence-corrected chi connectivity index (χ1v) is 6.57. The van der Waals surface area contributed by atoms with E-state index in [1.807, 2.05) is 10.8 Å². The second-order valence-electron chi connectivity index (χ2n) is 3.21. The average molecular weight is 324 g/mol. The highest BCUT2D eigenvalue weighted by atomic mass is 79.9. The smallest absolute Gasteiger partial charge is 0.137 e. The van der Waals surface area contributed by atoms with E-state index in [1.165, 1.54) is 11.3 Å². The molecule has 0 aliphatic rings. The van der Waals surface area contributed by atoms with E-state index >= 15 is 0 Å². The Morgan fingerprint density at radius 3 is 2.62 bits per heavy atom. The number of thiophene rings is 1. The normalized spacial score (nSPS) is 12.8. The van der Waals surface area contributed by atoms with Gasteiger partial charge in [-0.2, -0.15) is 11.3 Å². The molecule has 1 atom stereocenters. The Bertz CT molecular complexity index is 499. The first-order valence-electron chi connectivity index (χ1n) is 4.40. The lowest BCUT2D eigenvalue weighted by Crippen LogP contribution is -1.97. The molecule has 1 aromatic carbocycles. The number of rotatable bonds is 2. The van der Waals surface area contributed by atoms with Gasteiger partial charge in [-0.15, -0.1) is 11.6 Å². The van der Waals surface area contributed by atoms with E-state index in [1.54, 1.807) is 6.07 Å². The van der Waals surface area contributed by atoms with Crippen LogP contribution in [0.5, 0.6) is 0 Å². The maximum atomic E-state index is 13.6. The van der Waals surface area contributed by atoms with E-state index in [0.29, 0.717) is 0 Å². The Labute approximate surface area is 109 Å². The zero-order valence-corrected chi connectivity index (χ0v) is 11.0. The number of benzene rings is 1. The fourth-order valence-corrected chi connectivity index (χ4v) is 2.71. The molecule has 84 valence electrons. The van der Waals surface area contributed by atoms with Gasteiger partial charge in [-0.05, 0) is 50.5 Å². The Morgan fingerprint density at radius 1 is 1.25 bits per heavy atom. The molecule has 2 aromatic rings. The van der Waals surface area contributed by atoms with Gasteiger partial charge in [-0.3, -0.25) is 0 Å². The first kappa shape index (κ1) is 12.0. The van der Waals surface area contributed by atoms with Crippen LogP contribution in [0.15, 0.2) is 33.4 Å². The monoisotopic (exact) mass is 322 g/mol. The molecule has 1 aromatic heterocycles. The van der Waals surface area contributed by atoms with Crippen molar-refractivity contribution in [1.29, 1.82) is 0 Å². The molecule has 0 saturated carbocycles. The number of halogens is 4. The van der Waals surface area contributed by atoms with Crippen molar-refractivity contribution in [2.24, 2.45) is 0 Å². The molecule has 0 radical (unpaired) electrons. The van der Waals surface area contributed by atoms with E-state index in [9.17, 15) is 8.78 Å². The van der Waals surface area contributed by atoms with Crippen LogP contribution < -0.4 is 0 Å². The molecule has 1 heterocycles. The van der Waals surface area contributed by atoms with Crippen LogP contribution in [0.3, 0.4) is 0 Å². The van der Waals surface area contributed by atoms with Crippen LogP contribution in [0.1, 0.15) is 16.5 Å². The quantitative estimate of drug-likeness (QED) is 0.532. The number of hydrogen-bond acceptors (Lipinski definition) is 1. The van der Waals surface area contributed by atoms with Gasteiger partial charge in [0.25, 0.3) is 0 Å². The van der Waals surface area contributed by atoms with Crippen LogP contribution in [0, 0.1) is 11.6 Å². The predicted molar refractivity (Wildman–Crippen MR) is 66.1 cm³/mol. The van der Waals surface area contributed by atoms with Gasteiger partial charge in [0.2, 0.25) is 0 Å². The lowest BCUT2D eigenvalue weighted by Gasteiger charge is -2.10. The Balaban J connectivity index is 2.44. The summed E-state index contributed by atoms with van der Waals surface area (Å²) < 4.78 is 27.0. The van der Waals surface area contributed by atoms with Crippen molar-refractivity contribution in [2.75, 3.05) is 0 Å². The SMILES string of the molecule is Fc1cc(C(Cl)c2ccsc2)c(F)cc1Br. The summed E-state index contributed by atoms with van der Waals surface area (Å²) in [5.41, 5.74) is 0.924. The highest BCUT2D eigenvalue weighted by Gasteiger charge is 2.18. The van der Waals surface area contributed by atoms with E-state index in [0.717, 1.165) is 17.7 Å². The fourth-order valence-electron chi connectivity index (χ4n) is 1.33. The van der Waals surface area contributed by atoms with Gasteiger partial charge in [-0.1, -0.05) is 0 Å². The van der Waals surface area contributed by atoms with Crippen LogP contribution in [-0.2, 0) is 0 Å². The highest BCUT2D eigenvalue weighted by molar-refractivity contribution is 9.10. The molecule has 1 unspecified atom stereocenters. The van der Waals surface area contributed by atoms with Gasteiger partial charge in [0, 0.05) is 5.56 Å². The van der Waals surface area contributed by atoms with Crippen LogP contribution in [0.2, 0.25) is 0 Å². The van der Waals surface area contributed by atoms with Gasteiger partial charge in [0.1, 0.15) is 11.6 Å². The zero-order chi connectivity index (χ0) is 11.7. The Morgan fingerprint density at radius 2 is 2.00 bits per heavy atom. The van der Waals surface area contributed by atoms with Gasteiger partial charge in [0.15, 0.2) is 0 Å². The molecule has 0 fully saturated rings. The molecule has 5 heteroatoms. The third-order valence-electron chi connectivity index (χ3n) is 2.15. The summed E-state index contributed by atoms with van der Waals surface area (Å²) in [7, 11) is 0. The van der Waals surface area contributed by atoms with Crippen molar-refractivity contribution >= 4 is 38.9 Å². The standard InChI is InChI=1S/C11H6BrClF2S/c12-8-4-9(14)7(3-10(8)15)11(13)6-1-2-16-5-6/h1-5,11H. The summed E-state index contributed by atoms with van der Waals surface area (Å²) in [4.78, 5) is 0. The summed E-state index contributed by atoms with van der Waals surface area (Å²) in [6, 6.07) is 4.00. The maximum absolute atomic E-state index is 13.6. The molecule has 0 nitrogen and oxygen atoms in total.